The van der Waals surface area contributed by atoms with Gasteiger partial charge in [0.2, 0.25) is 0 Å². The molecule has 0 aliphatic carbocycles. The summed E-state index contributed by atoms with van der Waals surface area (Å²) in [6.07, 6.45) is 4.17. The smallest absolute Gasteiger partial charge is 0.312 e. The van der Waals surface area contributed by atoms with Gasteiger partial charge in [-0.15, -0.1) is 0 Å². The third-order valence-electron chi connectivity index (χ3n) is 5.01. The zero-order chi connectivity index (χ0) is 20.8. The molecule has 4 atom stereocenters. The molecule has 0 aromatic rings. The molecular formula is C21H32O6. The van der Waals surface area contributed by atoms with E-state index in [1.807, 2.05) is 26.8 Å². The molecule has 0 radical (unpaired) electrons. The number of allylic oxidation sites excluding steroid dienone is 4. The molecule has 6 heteroatoms. The SMILES string of the molecule is C=C1/C=C(\C)[C@@H](CC)OC(=O)[C@H](C)C(O)(CO)C(=O)C/C(OC)=C/[C@@H](C)C1. The summed E-state index contributed by atoms with van der Waals surface area (Å²) >= 11 is 0. The molecule has 0 spiro atoms. The summed E-state index contributed by atoms with van der Waals surface area (Å²) in [5, 5.41) is 20.4. The number of aliphatic hydroxyl groups excluding tert-OH is 1. The molecule has 0 aromatic heterocycles. The molecule has 152 valence electrons. The van der Waals surface area contributed by atoms with Crippen molar-refractivity contribution in [2.75, 3.05) is 13.7 Å². The third kappa shape index (κ3) is 5.78. The maximum atomic E-state index is 12.7. The first-order chi connectivity index (χ1) is 12.6. The van der Waals surface area contributed by atoms with Crippen LogP contribution in [0.2, 0.25) is 0 Å². The number of hydrogen-bond donors (Lipinski definition) is 2. The van der Waals surface area contributed by atoms with Crippen LogP contribution in [-0.4, -0.2) is 47.4 Å². The highest BCUT2D eigenvalue weighted by atomic mass is 16.5. The Labute approximate surface area is 161 Å². The van der Waals surface area contributed by atoms with Crippen LogP contribution >= 0.6 is 0 Å². The van der Waals surface area contributed by atoms with E-state index in [0.29, 0.717) is 18.6 Å². The number of methoxy groups -OCH3 is 1. The summed E-state index contributed by atoms with van der Waals surface area (Å²) in [6.45, 7) is 10.3. The van der Waals surface area contributed by atoms with Gasteiger partial charge in [0.05, 0.1) is 31.8 Å². The van der Waals surface area contributed by atoms with Gasteiger partial charge in [-0.05, 0) is 44.3 Å². The van der Waals surface area contributed by atoms with E-state index in [1.54, 1.807) is 6.08 Å². The lowest BCUT2D eigenvalue weighted by Gasteiger charge is -2.31. The van der Waals surface area contributed by atoms with Crippen LogP contribution in [0.5, 0.6) is 0 Å². The van der Waals surface area contributed by atoms with Crippen LogP contribution in [0.4, 0.5) is 0 Å². The van der Waals surface area contributed by atoms with Crippen molar-refractivity contribution >= 4 is 11.8 Å². The maximum Gasteiger partial charge on any atom is 0.312 e. The summed E-state index contributed by atoms with van der Waals surface area (Å²) in [5.41, 5.74) is -0.520. The largest absolute Gasteiger partial charge is 0.501 e. The van der Waals surface area contributed by atoms with E-state index < -0.39 is 36.0 Å². The fourth-order valence-corrected chi connectivity index (χ4v) is 3.18. The topological polar surface area (TPSA) is 93.1 Å². The molecule has 0 saturated carbocycles. The quantitative estimate of drug-likeness (QED) is 0.731. The van der Waals surface area contributed by atoms with Gasteiger partial charge >= 0.3 is 5.97 Å². The van der Waals surface area contributed by atoms with Gasteiger partial charge in [-0.3, -0.25) is 9.59 Å². The Hall–Kier alpha value is -1.92. The molecule has 0 bridgehead atoms. The lowest BCUT2D eigenvalue weighted by atomic mass is 9.83. The van der Waals surface area contributed by atoms with Gasteiger partial charge in [-0.1, -0.05) is 32.1 Å². The fraction of sp³-hybridized carbons (Fsp3) is 0.619. The number of hydrogen-bond acceptors (Lipinski definition) is 6. The van der Waals surface area contributed by atoms with E-state index in [4.69, 9.17) is 9.47 Å². The van der Waals surface area contributed by atoms with Crippen LogP contribution in [0.25, 0.3) is 0 Å². The van der Waals surface area contributed by atoms with E-state index in [-0.39, 0.29) is 12.3 Å². The first kappa shape index (κ1) is 23.1. The number of Topliss-reactive ketones (excluding diaryl/α,β-unsaturated/α-hetero) is 1. The third-order valence-corrected chi connectivity index (χ3v) is 5.01. The van der Waals surface area contributed by atoms with Crippen molar-refractivity contribution in [3.05, 3.63) is 35.6 Å². The minimum absolute atomic E-state index is 0.0505. The van der Waals surface area contributed by atoms with Crippen LogP contribution < -0.4 is 0 Å². The molecule has 0 fully saturated rings. The number of rotatable bonds is 3. The Morgan fingerprint density at radius 1 is 1.37 bits per heavy atom. The predicted octanol–water partition coefficient (Wildman–Crippen LogP) is 2.70. The molecule has 0 aromatic carbocycles. The van der Waals surface area contributed by atoms with Crippen LogP contribution in [0, 0.1) is 11.8 Å². The van der Waals surface area contributed by atoms with Gasteiger partial charge < -0.3 is 19.7 Å². The number of aliphatic hydroxyl groups is 2. The van der Waals surface area contributed by atoms with Crippen molar-refractivity contribution in [1.29, 1.82) is 0 Å². The lowest BCUT2D eigenvalue weighted by Crippen LogP contribution is -2.52. The summed E-state index contributed by atoms with van der Waals surface area (Å²) in [7, 11) is 1.44. The van der Waals surface area contributed by atoms with E-state index in [9.17, 15) is 19.8 Å². The molecule has 27 heavy (non-hydrogen) atoms. The number of esters is 1. The minimum atomic E-state index is -2.23. The van der Waals surface area contributed by atoms with Gasteiger partial charge in [0.1, 0.15) is 6.10 Å². The Morgan fingerprint density at radius 2 is 2.00 bits per heavy atom. The molecule has 1 rings (SSSR count). The average molecular weight is 380 g/mol. The van der Waals surface area contributed by atoms with Crippen molar-refractivity contribution in [2.45, 2.75) is 58.7 Å². The number of carbonyl (C=O) groups is 2. The van der Waals surface area contributed by atoms with Gasteiger partial charge in [0, 0.05) is 0 Å². The zero-order valence-corrected chi connectivity index (χ0v) is 16.9. The molecule has 1 aliphatic heterocycles. The fourth-order valence-electron chi connectivity index (χ4n) is 3.18. The van der Waals surface area contributed by atoms with Crippen molar-refractivity contribution in [3.8, 4) is 0 Å². The highest BCUT2D eigenvalue weighted by Crippen LogP contribution is 2.27. The van der Waals surface area contributed by atoms with Gasteiger partial charge in [-0.2, -0.15) is 0 Å². The molecule has 6 nitrogen and oxygen atoms in total. The van der Waals surface area contributed by atoms with E-state index in [1.165, 1.54) is 14.0 Å². The van der Waals surface area contributed by atoms with Crippen molar-refractivity contribution < 1.29 is 29.3 Å². The summed E-state index contributed by atoms with van der Waals surface area (Å²) in [4.78, 5) is 25.2. The number of ether oxygens (including phenoxy) is 2. The Morgan fingerprint density at radius 3 is 2.52 bits per heavy atom. The first-order valence-corrected chi connectivity index (χ1v) is 9.26. The Bertz CT molecular complexity index is 633. The normalized spacial score (nSPS) is 35.4. The summed E-state index contributed by atoms with van der Waals surface area (Å²) in [6, 6.07) is 0. The van der Waals surface area contributed by atoms with E-state index >= 15 is 0 Å². The average Bonchev–Trinajstić information content (AvgIpc) is 2.62. The molecule has 2 N–H and O–H groups in total. The standard InChI is InChI=1S/C21H32O6/c1-7-18-15(4)9-13(2)8-14(3)10-17(26-6)11-19(23)21(25,12-22)16(5)20(24)27-18/h9-10,14,16,18,22,25H,2,7-8,11-12H2,1,3-6H3/b15-9+,17-10-/t14-,16-,18+,21?/m0/s1. The Balaban J connectivity index is 3.38. The van der Waals surface area contributed by atoms with Gasteiger partial charge in [0.25, 0.3) is 0 Å². The monoisotopic (exact) mass is 380 g/mol. The van der Waals surface area contributed by atoms with Crippen molar-refractivity contribution in [2.24, 2.45) is 11.8 Å². The molecule has 0 amide bonds. The highest BCUT2D eigenvalue weighted by Gasteiger charge is 2.46. The van der Waals surface area contributed by atoms with Crippen LogP contribution in [0.1, 0.15) is 47.0 Å². The lowest BCUT2D eigenvalue weighted by molar-refractivity contribution is -0.171. The van der Waals surface area contributed by atoms with Crippen LogP contribution in [0.3, 0.4) is 0 Å². The second-order valence-electron chi connectivity index (χ2n) is 7.30. The number of cyclic esters (lactones) is 1. The van der Waals surface area contributed by atoms with E-state index in [2.05, 4.69) is 6.58 Å². The van der Waals surface area contributed by atoms with Crippen molar-refractivity contribution in [1.82, 2.24) is 0 Å². The zero-order valence-electron chi connectivity index (χ0n) is 16.9. The van der Waals surface area contributed by atoms with Crippen LogP contribution in [-0.2, 0) is 19.1 Å². The molecule has 0 saturated heterocycles. The minimum Gasteiger partial charge on any atom is -0.501 e. The second-order valence-corrected chi connectivity index (χ2v) is 7.30. The molecule has 1 unspecified atom stereocenters. The Kier molecular flexibility index (Phi) is 8.44. The van der Waals surface area contributed by atoms with Crippen molar-refractivity contribution in [3.63, 3.8) is 0 Å². The van der Waals surface area contributed by atoms with Gasteiger partial charge in [-0.25, -0.2) is 0 Å². The number of carbonyl (C=O) groups excluding carboxylic acids is 2. The molecule has 1 aliphatic rings. The maximum absolute atomic E-state index is 12.7. The predicted molar refractivity (Wildman–Crippen MR) is 103 cm³/mol. The second kappa shape index (κ2) is 9.85. The highest BCUT2D eigenvalue weighted by molar-refractivity contribution is 5.93. The summed E-state index contributed by atoms with van der Waals surface area (Å²) in [5.74, 6) is -2.23. The van der Waals surface area contributed by atoms with Gasteiger partial charge in [0.15, 0.2) is 11.4 Å². The van der Waals surface area contributed by atoms with Crippen LogP contribution in [0.15, 0.2) is 35.6 Å². The summed E-state index contributed by atoms with van der Waals surface area (Å²) < 4.78 is 10.8. The van der Waals surface area contributed by atoms with E-state index in [0.717, 1.165) is 11.1 Å². The molecule has 1 heterocycles. The first-order valence-electron chi connectivity index (χ1n) is 9.26. The number of ketones is 1. The molecular weight excluding hydrogens is 348 g/mol.